The molecule has 2 heterocycles. The highest BCUT2D eigenvalue weighted by Crippen LogP contribution is 2.35. The number of nitrogens with one attached hydrogen (secondary N) is 1. The quantitative estimate of drug-likeness (QED) is 0.766. The topological polar surface area (TPSA) is 86.6 Å². The van der Waals surface area contributed by atoms with Crippen LogP contribution in [-0.4, -0.2) is 68.4 Å². The molecule has 8 nitrogen and oxygen atoms in total. The third-order valence-electron chi connectivity index (χ3n) is 6.10. The summed E-state index contributed by atoms with van der Waals surface area (Å²) in [4.78, 5) is 14.8. The number of hydrazone groups is 1. The van der Waals surface area contributed by atoms with Crippen LogP contribution >= 0.6 is 0 Å². The van der Waals surface area contributed by atoms with Crippen molar-refractivity contribution in [3.8, 4) is 11.5 Å². The Labute approximate surface area is 188 Å². The largest absolute Gasteiger partial charge is 0.493 e. The van der Waals surface area contributed by atoms with Crippen LogP contribution in [0.15, 0.2) is 41.5 Å². The van der Waals surface area contributed by atoms with Crippen LogP contribution in [0.2, 0.25) is 0 Å². The Bertz CT molecular complexity index is 1020. The van der Waals surface area contributed by atoms with Gasteiger partial charge in [-0.15, -0.1) is 0 Å². The monoisotopic (exact) mass is 438 g/mol. The fourth-order valence-corrected chi connectivity index (χ4v) is 4.36. The summed E-state index contributed by atoms with van der Waals surface area (Å²) in [7, 11) is 4.83. The van der Waals surface area contributed by atoms with Gasteiger partial charge in [-0.2, -0.15) is 5.10 Å². The molecule has 170 valence electrons. The Morgan fingerprint density at radius 3 is 2.44 bits per heavy atom. The molecule has 2 atom stereocenters. The van der Waals surface area contributed by atoms with Crippen molar-refractivity contribution in [3.05, 3.63) is 53.1 Å². The fraction of sp³-hybridized carbons (Fsp3) is 0.417. The normalized spacial score (nSPS) is 20.3. The van der Waals surface area contributed by atoms with E-state index in [1.807, 2.05) is 43.3 Å². The van der Waals surface area contributed by atoms with Gasteiger partial charge in [0.2, 0.25) is 0 Å². The van der Waals surface area contributed by atoms with Gasteiger partial charge in [-0.05, 0) is 49.6 Å². The van der Waals surface area contributed by atoms with Gasteiger partial charge < -0.3 is 24.8 Å². The van der Waals surface area contributed by atoms with Crippen molar-refractivity contribution in [3.63, 3.8) is 0 Å². The predicted octanol–water partition coefficient (Wildman–Crippen LogP) is 2.61. The van der Waals surface area contributed by atoms with Gasteiger partial charge >= 0.3 is 6.03 Å². The van der Waals surface area contributed by atoms with Crippen LogP contribution in [0.3, 0.4) is 0 Å². The third kappa shape index (κ3) is 4.10. The molecule has 2 aromatic rings. The van der Waals surface area contributed by atoms with Crippen molar-refractivity contribution >= 4 is 17.4 Å². The Hall–Kier alpha value is -3.26. The molecule has 32 heavy (non-hydrogen) atoms. The molecule has 8 heteroatoms. The van der Waals surface area contributed by atoms with Crippen LogP contribution < -0.4 is 19.7 Å². The van der Waals surface area contributed by atoms with Crippen LogP contribution in [-0.2, 0) is 6.42 Å². The summed E-state index contributed by atoms with van der Waals surface area (Å²) in [5.74, 6) is 1.26. The summed E-state index contributed by atoms with van der Waals surface area (Å²) in [6.07, 6.45) is 1.13. The molecule has 0 saturated carbocycles. The third-order valence-corrected chi connectivity index (χ3v) is 6.10. The molecule has 2 amide bonds. The van der Waals surface area contributed by atoms with Gasteiger partial charge in [0.1, 0.15) is 0 Å². The number of anilines is 1. The summed E-state index contributed by atoms with van der Waals surface area (Å²) >= 11 is 0. The zero-order chi connectivity index (χ0) is 22.8. The molecule has 0 bridgehead atoms. The first kappa shape index (κ1) is 22.0. The number of rotatable bonds is 4. The van der Waals surface area contributed by atoms with Gasteiger partial charge in [0.15, 0.2) is 11.5 Å². The highest BCUT2D eigenvalue weighted by Gasteiger charge is 2.28. The average Bonchev–Trinajstić information content (AvgIpc) is 3.19. The number of benzene rings is 2. The van der Waals surface area contributed by atoms with E-state index in [1.54, 1.807) is 21.3 Å². The number of nitrogens with zero attached hydrogens (tertiary/aromatic N) is 3. The Balaban J connectivity index is 1.80. The van der Waals surface area contributed by atoms with Crippen molar-refractivity contribution in [1.29, 1.82) is 0 Å². The number of fused-ring (bicyclic) bond motifs is 1. The van der Waals surface area contributed by atoms with Crippen molar-refractivity contribution in [2.24, 2.45) is 5.10 Å². The molecular formula is C24H30N4O4. The number of amides is 2. The van der Waals surface area contributed by atoms with Crippen molar-refractivity contribution in [2.45, 2.75) is 31.9 Å². The maximum atomic E-state index is 12.6. The average molecular weight is 439 g/mol. The van der Waals surface area contributed by atoms with Crippen LogP contribution in [0.5, 0.6) is 11.5 Å². The molecule has 2 N–H and O–H groups in total. The maximum absolute atomic E-state index is 12.6. The van der Waals surface area contributed by atoms with Crippen LogP contribution in [0.25, 0.3) is 0 Å². The number of methoxy groups -OCH3 is 2. The molecule has 1 saturated heterocycles. The van der Waals surface area contributed by atoms with Gasteiger partial charge in [-0.3, -0.25) is 0 Å². The minimum atomic E-state index is -0.280. The van der Waals surface area contributed by atoms with E-state index in [0.29, 0.717) is 30.2 Å². The number of aliphatic hydroxyl groups excluding tert-OH is 1. The van der Waals surface area contributed by atoms with E-state index in [-0.39, 0.29) is 18.2 Å². The zero-order valence-corrected chi connectivity index (χ0v) is 19.0. The van der Waals surface area contributed by atoms with Gasteiger partial charge in [-0.1, -0.05) is 12.1 Å². The first-order chi connectivity index (χ1) is 15.4. The summed E-state index contributed by atoms with van der Waals surface area (Å²) in [6, 6.07) is 11.6. The zero-order valence-electron chi connectivity index (χ0n) is 19.0. The minimum absolute atomic E-state index is 0.144. The molecule has 2 aliphatic rings. The first-order valence-corrected chi connectivity index (χ1v) is 10.8. The number of ether oxygens (including phenoxy) is 2. The van der Waals surface area contributed by atoms with E-state index in [9.17, 15) is 9.90 Å². The van der Waals surface area contributed by atoms with Crippen molar-refractivity contribution in [2.75, 3.05) is 39.3 Å². The van der Waals surface area contributed by atoms with E-state index in [1.165, 1.54) is 5.01 Å². The molecule has 0 radical (unpaired) electrons. The molecule has 0 unspecified atom stereocenters. The van der Waals surface area contributed by atoms with E-state index < -0.39 is 0 Å². The summed E-state index contributed by atoms with van der Waals surface area (Å²) in [5, 5.41) is 18.8. The SMILES string of the molecule is CNC(=O)N1N=C(c2ccc(N3CC[C@H](O)C3)cc2)c2cc(OC)c(OC)cc2C[C@@H]1C. The second-order valence-electron chi connectivity index (χ2n) is 8.20. The number of hydrogen-bond donors (Lipinski definition) is 2. The summed E-state index contributed by atoms with van der Waals surface area (Å²) < 4.78 is 11.1. The predicted molar refractivity (Wildman–Crippen MR) is 124 cm³/mol. The molecule has 2 aliphatic heterocycles. The number of urea groups is 1. The van der Waals surface area contributed by atoms with Gasteiger partial charge in [0.05, 0.1) is 32.1 Å². The lowest BCUT2D eigenvalue weighted by Crippen LogP contribution is -2.41. The minimum Gasteiger partial charge on any atom is -0.493 e. The molecule has 0 aromatic heterocycles. The molecule has 4 rings (SSSR count). The highest BCUT2D eigenvalue weighted by molar-refractivity contribution is 6.14. The van der Waals surface area contributed by atoms with E-state index in [4.69, 9.17) is 14.6 Å². The van der Waals surface area contributed by atoms with Gasteiger partial charge in [-0.25, -0.2) is 9.80 Å². The Kier molecular flexibility index (Phi) is 6.23. The Morgan fingerprint density at radius 2 is 1.84 bits per heavy atom. The molecule has 1 fully saturated rings. The van der Waals surface area contributed by atoms with Crippen LogP contribution in [0.1, 0.15) is 30.0 Å². The highest BCUT2D eigenvalue weighted by atomic mass is 16.5. The Morgan fingerprint density at radius 1 is 1.16 bits per heavy atom. The molecule has 0 aliphatic carbocycles. The standard InChI is InChI=1S/C24H30N4O4/c1-15-11-17-12-21(31-3)22(32-4)13-20(17)23(26-28(15)24(30)25-2)16-5-7-18(8-6-16)27-10-9-19(29)14-27/h5-8,12-13,15,19,29H,9-11,14H2,1-4H3,(H,25,30)/t15-,19-/m0/s1. The van der Waals surface area contributed by atoms with Crippen molar-refractivity contribution in [1.82, 2.24) is 10.3 Å². The van der Waals surface area contributed by atoms with E-state index in [2.05, 4.69) is 10.2 Å². The summed E-state index contributed by atoms with van der Waals surface area (Å²) in [6.45, 7) is 3.45. The molecule has 0 spiro atoms. The van der Waals surface area contributed by atoms with E-state index >= 15 is 0 Å². The van der Waals surface area contributed by atoms with E-state index in [0.717, 1.165) is 35.3 Å². The second kappa shape index (κ2) is 9.08. The number of carbonyl (C=O) groups is 1. The smallest absolute Gasteiger partial charge is 0.337 e. The number of aliphatic hydroxyl groups is 1. The number of carbonyl (C=O) groups excluding carboxylic acids is 1. The number of β-amino-alcohol motifs (C(OH)–C–C–N with tert-alkyl or cyclic N) is 1. The molecule has 2 aromatic carbocycles. The fourth-order valence-electron chi connectivity index (χ4n) is 4.36. The number of hydrogen-bond acceptors (Lipinski definition) is 6. The van der Waals surface area contributed by atoms with Crippen molar-refractivity contribution < 1.29 is 19.4 Å². The summed E-state index contributed by atoms with van der Waals surface area (Å²) in [5.41, 5.74) is 4.59. The maximum Gasteiger partial charge on any atom is 0.337 e. The lowest BCUT2D eigenvalue weighted by atomic mass is 9.94. The van der Waals surface area contributed by atoms with Gasteiger partial charge in [0, 0.05) is 37.0 Å². The first-order valence-electron chi connectivity index (χ1n) is 10.8. The molecular weight excluding hydrogens is 408 g/mol. The second-order valence-corrected chi connectivity index (χ2v) is 8.20. The van der Waals surface area contributed by atoms with Crippen LogP contribution in [0.4, 0.5) is 10.5 Å². The lowest BCUT2D eigenvalue weighted by Gasteiger charge is -2.22. The van der Waals surface area contributed by atoms with Gasteiger partial charge in [0.25, 0.3) is 0 Å². The lowest BCUT2D eigenvalue weighted by molar-refractivity contribution is 0.184. The van der Waals surface area contributed by atoms with Crippen LogP contribution in [0, 0.1) is 0 Å².